The van der Waals surface area contributed by atoms with Crippen molar-refractivity contribution in [1.29, 1.82) is 0 Å². The van der Waals surface area contributed by atoms with Gasteiger partial charge in [0.15, 0.2) is 0 Å². The molecular formula is C17H18F2N2O2S. The van der Waals surface area contributed by atoms with Crippen molar-refractivity contribution in [3.63, 3.8) is 0 Å². The summed E-state index contributed by atoms with van der Waals surface area (Å²) in [4.78, 5) is 2.08. The van der Waals surface area contributed by atoms with E-state index >= 15 is 0 Å². The van der Waals surface area contributed by atoms with Crippen LogP contribution < -0.4 is 4.90 Å². The van der Waals surface area contributed by atoms with Crippen LogP contribution >= 0.6 is 0 Å². The summed E-state index contributed by atoms with van der Waals surface area (Å²) in [6, 6.07) is 9.93. The third kappa shape index (κ3) is 3.27. The summed E-state index contributed by atoms with van der Waals surface area (Å²) in [6.07, 6.45) is 0. The molecule has 2 aromatic rings. The van der Waals surface area contributed by atoms with Crippen LogP contribution in [0.15, 0.2) is 47.4 Å². The predicted molar refractivity (Wildman–Crippen MR) is 88.5 cm³/mol. The highest BCUT2D eigenvalue weighted by Crippen LogP contribution is 2.24. The Morgan fingerprint density at radius 2 is 1.58 bits per heavy atom. The standard InChI is InChI=1S/C17H18F2N2O2S/c1-13-11-15(19)5-6-17(13)24(22,23)21-9-7-20(8-10-21)16-4-2-3-14(18)12-16/h2-6,11-12H,7-10H2,1H3. The second-order valence-corrected chi connectivity index (χ2v) is 7.69. The van der Waals surface area contributed by atoms with Gasteiger partial charge in [0.25, 0.3) is 0 Å². The molecule has 0 radical (unpaired) electrons. The van der Waals surface area contributed by atoms with E-state index in [-0.39, 0.29) is 10.7 Å². The summed E-state index contributed by atoms with van der Waals surface area (Å²) < 4.78 is 53.4. The highest BCUT2D eigenvalue weighted by Gasteiger charge is 2.29. The Kier molecular flexibility index (Phi) is 4.56. The molecule has 128 valence electrons. The summed E-state index contributed by atoms with van der Waals surface area (Å²) in [5.41, 5.74) is 1.13. The molecule has 4 nitrogen and oxygen atoms in total. The fourth-order valence-corrected chi connectivity index (χ4v) is 4.53. The van der Waals surface area contributed by atoms with Crippen LogP contribution in [0.2, 0.25) is 0 Å². The van der Waals surface area contributed by atoms with Gasteiger partial charge in [-0.1, -0.05) is 6.07 Å². The summed E-state index contributed by atoms with van der Waals surface area (Å²) >= 11 is 0. The average molecular weight is 352 g/mol. The first-order valence-corrected chi connectivity index (χ1v) is 9.09. The molecule has 0 N–H and O–H groups in total. The molecule has 0 unspecified atom stereocenters. The lowest BCUT2D eigenvalue weighted by Gasteiger charge is -2.35. The molecule has 0 atom stereocenters. The maximum Gasteiger partial charge on any atom is 0.243 e. The normalized spacial score (nSPS) is 16.4. The Morgan fingerprint density at radius 3 is 2.21 bits per heavy atom. The van der Waals surface area contributed by atoms with Crippen molar-refractivity contribution in [2.45, 2.75) is 11.8 Å². The number of halogens is 2. The minimum atomic E-state index is -3.66. The lowest BCUT2D eigenvalue weighted by Crippen LogP contribution is -2.48. The van der Waals surface area contributed by atoms with Crippen LogP contribution in [0.1, 0.15) is 5.56 Å². The van der Waals surface area contributed by atoms with E-state index < -0.39 is 15.8 Å². The zero-order valence-electron chi connectivity index (χ0n) is 13.2. The Labute approximate surface area is 140 Å². The lowest BCUT2D eigenvalue weighted by molar-refractivity contribution is 0.384. The molecule has 1 aliphatic heterocycles. The molecule has 0 aromatic heterocycles. The number of piperazine rings is 1. The minimum absolute atomic E-state index is 0.128. The van der Waals surface area contributed by atoms with E-state index in [0.29, 0.717) is 31.7 Å². The molecule has 1 fully saturated rings. The van der Waals surface area contributed by atoms with Gasteiger partial charge in [-0.25, -0.2) is 17.2 Å². The molecule has 1 saturated heterocycles. The maximum absolute atomic E-state index is 13.3. The van der Waals surface area contributed by atoms with Gasteiger partial charge in [-0.3, -0.25) is 0 Å². The Morgan fingerprint density at radius 1 is 0.917 bits per heavy atom. The van der Waals surface area contributed by atoms with E-state index in [4.69, 9.17) is 0 Å². The van der Waals surface area contributed by atoms with E-state index in [2.05, 4.69) is 0 Å². The largest absolute Gasteiger partial charge is 0.369 e. The molecule has 3 rings (SSSR count). The zero-order valence-corrected chi connectivity index (χ0v) is 14.1. The summed E-state index contributed by atoms with van der Waals surface area (Å²) in [5, 5.41) is 0. The number of aryl methyl sites for hydroxylation is 1. The topological polar surface area (TPSA) is 40.6 Å². The third-order valence-corrected chi connectivity index (χ3v) is 6.23. The van der Waals surface area contributed by atoms with Gasteiger partial charge >= 0.3 is 0 Å². The second kappa shape index (κ2) is 6.49. The third-order valence-electron chi connectivity index (χ3n) is 4.17. The van der Waals surface area contributed by atoms with E-state index in [1.165, 1.54) is 28.6 Å². The zero-order chi connectivity index (χ0) is 17.3. The highest BCUT2D eigenvalue weighted by atomic mass is 32.2. The van der Waals surface area contributed by atoms with Gasteiger partial charge in [-0.15, -0.1) is 0 Å². The van der Waals surface area contributed by atoms with E-state index in [9.17, 15) is 17.2 Å². The van der Waals surface area contributed by atoms with Crippen molar-refractivity contribution in [3.8, 4) is 0 Å². The molecule has 1 aliphatic rings. The summed E-state index contributed by atoms with van der Waals surface area (Å²) in [7, 11) is -3.66. The van der Waals surface area contributed by atoms with Crippen LogP contribution in [-0.4, -0.2) is 38.9 Å². The first-order valence-electron chi connectivity index (χ1n) is 7.65. The summed E-state index contributed by atoms with van der Waals surface area (Å²) in [5.74, 6) is -0.771. The Hall–Kier alpha value is -1.99. The molecule has 7 heteroatoms. The number of hydrogen-bond acceptors (Lipinski definition) is 3. The maximum atomic E-state index is 13.3. The van der Waals surface area contributed by atoms with Crippen molar-refractivity contribution in [2.24, 2.45) is 0 Å². The van der Waals surface area contributed by atoms with Crippen LogP contribution in [0.4, 0.5) is 14.5 Å². The van der Waals surface area contributed by atoms with Crippen LogP contribution in [0, 0.1) is 18.6 Å². The smallest absolute Gasteiger partial charge is 0.243 e. The summed E-state index contributed by atoms with van der Waals surface area (Å²) in [6.45, 7) is 3.14. The Bertz CT molecular complexity index is 847. The van der Waals surface area contributed by atoms with Crippen LogP contribution in [0.5, 0.6) is 0 Å². The van der Waals surface area contributed by atoms with Crippen LogP contribution in [-0.2, 0) is 10.0 Å². The van der Waals surface area contributed by atoms with Crippen LogP contribution in [0.25, 0.3) is 0 Å². The van der Waals surface area contributed by atoms with Crippen molar-refractivity contribution in [2.75, 3.05) is 31.1 Å². The fraction of sp³-hybridized carbons (Fsp3) is 0.294. The fourth-order valence-electron chi connectivity index (χ4n) is 2.90. The van der Waals surface area contributed by atoms with Gasteiger partial charge in [-0.05, 0) is 48.9 Å². The minimum Gasteiger partial charge on any atom is -0.369 e. The van der Waals surface area contributed by atoms with E-state index in [0.717, 1.165) is 11.8 Å². The van der Waals surface area contributed by atoms with Gasteiger partial charge < -0.3 is 4.90 Å². The number of benzene rings is 2. The number of sulfonamides is 1. The second-order valence-electron chi connectivity index (χ2n) is 5.78. The quantitative estimate of drug-likeness (QED) is 0.853. The first-order chi connectivity index (χ1) is 11.4. The van der Waals surface area contributed by atoms with Crippen molar-refractivity contribution in [3.05, 3.63) is 59.7 Å². The van der Waals surface area contributed by atoms with Gasteiger partial charge in [0.2, 0.25) is 10.0 Å². The van der Waals surface area contributed by atoms with Crippen molar-refractivity contribution in [1.82, 2.24) is 4.31 Å². The molecule has 24 heavy (non-hydrogen) atoms. The molecule has 0 spiro atoms. The SMILES string of the molecule is Cc1cc(F)ccc1S(=O)(=O)N1CCN(c2cccc(F)c2)CC1. The van der Waals surface area contributed by atoms with E-state index in [1.807, 2.05) is 4.90 Å². The van der Waals surface area contributed by atoms with Crippen molar-refractivity contribution >= 4 is 15.7 Å². The van der Waals surface area contributed by atoms with Gasteiger partial charge in [0.1, 0.15) is 11.6 Å². The Balaban J connectivity index is 1.76. The van der Waals surface area contributed by atoms with Gasteiger partial charge in [0, 0.05) is 31.9 Å². The highest BCUT2D eigenvalue weighted by molar-refractivity contribution is 7.89. The molecule has 0 bridgehead atoms. The molecule has 0 amide bonds. The van der Waals surface area contributed by atoms with Gasteiger partial charge in [-0.2, -0.15) is 4.31 Å². The van der Waals surface area contributed by atoms with Crippen LogP contribution in [0.3, 0.4) is 0 Å². The monoisotopic (exact) mass is 352 g/mol. The molecule has 0 saturated carbocycles. The molecular weight excluding hydrogens is 334 g/mol. The lowest BCUT2D eigenvalue weighted by atomic mass is 10.2. The number of rotatable bonds is 3. The molecule has 2 aromatic carbocycles. The van der Waals surface area contributed by atoms with Crippen molar-refractivity contribution < 1.29 is 17.2 Å². The van der Waals surface area contributed by atoms with E-state index in [1.54, 1.807) is 19.1 Å². The number of anilines is 1. The molecule has 1 heterocycles. The number of hydrogen-bond donors (Lipinski definition) is 0. The first kappa shape index (κ1) is 16.9. The predicted octanol–water partition coefficient (Wildman–Crippen LogP) is 2.78. The van der Waals surface area contributed by atoms with Gasteiger partial charge in [0.05, 0.1) is 4.90 Å². The molecule has 0 aliphatic carbocycles. The average Bonchev–Trinajstić information content (AvgIpc) is 2.54. The number of nitrogens with zero attached hydrogens (tertiary/aromatic N) is 2.